The first-order valence-electron chi connectivity index (χ1n) is 6.82. The van der Waals surface area contributed by atoms with Gasteiger partial charge in [-0.1, -0.05) is 13.0 Å². The number of sulfonamides is 1. The largest absolute Gasteiger partial charge is 0.384 e. The number of rotatable bonds is 5. The molecule has 0 bridgehead atoms. The quantitative estimate of drug-likeness (QED) is 0.885. The Hall–Kier alpha value is -1.44. The van der Waals surface area contributed by atoms with Gasteiger partial charge in [0.1, 0.15) is 0 Å². The summed E-state index contributed by atoms with van der Waals surface area (Å²) in [6.45, 7) is 3.18. The van der Waals surface area contributed by atoms with Gasteiger partial charge in [-0.15, -0.1) is 11.3 Å². The Balaban J connectivity index is 1.72. The highest BCUT2D eigenvalue weighted by atomic mass is 32.2. The van der Waals surface area contributed by atoms with Gasteiger partial charge in [0.2, 0.25) is 10.0 Å². The van der Waals surface area contributed by atoms with Crippen LogP contribution in [-0.2, 0) is 16.4 Å². The average Bonchev–Trinajstić information content (AvgIpc) is 3.14. The highest BCUT2D eigenvalue weighted by Crippen LogP contribution is 2.25. The van der Waals surface area contributed by atoms with Gasteiger partial charge in [-0.3, -0.25) is 0 Å². The molecule has 2 N–H and O–H groups in total. The molecule has 7 heteroatoms. The maximum Gasteiger partial charge on any atom is 0.240 e. The van der Waals surface area contributed by atoms with Crippen LogP contribution in [0.3, 0.4) is 0 Å². The number of anilines is 1. The molecule has 0 aliphatic carbocycles. The third-order valence-electron chi connectivity index (χ3n) is 3.55. The summed E-state index contributed by atoms with van der Waals surface area (Å²) in [5.41, 5.74) is 2.09. The van der Waals surface area contributed by atoms with Crippen molar-refractivity contribution in [3.05, 3.63) is 40.3 Å². The molecule has 5 nitrogen and oxygen atoms in total. The minimum atomic E-state index is -3.48. The molecule has 1 atom stereocenters. The van der Waals surface area contributed by atoms with Crippen LogP contribution in [-0.4, -0.2) is 26.5 Å². The molecule has 1 aliphatic rings. The molecule has 1 unspecified atom stereocenters. The van der Waals surface area contributed by atoms with E-state index >= 15 is 0 Å². The Morgan fingerprint density at radius 3 is 3.10 bits per heavy atom. The van der Waals surface area contributed by atoms with Crippen molar-refractivity contribution in [1.82, 2.24) is 9.71 Å². The van der Waals surface area contributed by atoms with Crippen molar-refractivity contribution >= 4 is 27.0 Å². The summed E-state index contributed by atoms with van der Waals surface area (Å²) in [5, 5.41) is 6.03. The maximum absolute atomic E-state index is 12.4. The fraction of sp³-hybridized carbons (Fsp3) is 0.357. The van der Waals surface area contributed by atoms with Crippen LogP contribution in [0.1, 0.15) is 23.4 Å². The molecule has 0 fully saturated rings. The summed E-state index contributed by atoms with van der Waals surface area (Å²) in [5.74, 6) is 0.0623. The third kappa shape index (κ3) is 3.09. The van der Waals surface area contributed by atoms with Crippen molar-refractivity contribution in [2.75, 3.05) is 18.4 Å². The lowest BCUT2D eigenvalue weighted by molar-refractivity contribution is 0.574. The van der Waals surface area contributed by atoms with Crippen LogP contribution in [0.15, 0.2) is 34.7 Å². The summed E-state index contributed by atoms with van der Waals surface area (Å²) in [6, 6.07) is 5.26. The fourth-order valence-electron chi connectivity index (χ4n) is 2.32. The Labute approximate surface area is 128 Å². The molecule has 1 aliphatic heterocycles. The zero-order chi connectivity index (χ0) is 14.9. The van der Waals surface area contributed by atoms with Crippen LogP contribution in [0.2, 0.25) is 0 Å². The number of benzene rings is 1. The van der Waals surface area contributed by atoms with Gasteiger partial charge in [-0.2, -0.15) is 0 Å². The smallest absolute Gasteiger partial charge is 0.240 e. The monoisotopic (exact) mass is 323 g/mol. The number of hydrogen-bond donors (Lipinski definition) is 2. The van der Waals surface area contributed by atoms with E-state index in [2.05, 4.69) is 15.0 Å². The minimum absolute atomic E-state index is 0.0623. The number of hydrogen-bond acceptors (Lipinski definition) is 5. The minimum Gasteiger partial charge on any atom is -0.384 e. The standard InChI is InChI=1S/C14H17N3O2S2/c1-10(14-16-6-7-20-14)9-17-21(18,19)12-3-2-11-4-5-15-13(11)8-12/h2-3,6-8,10,15,17H,4-5,9H2,1H3. The van der Waals surface area contributed by atoms with Gasteiger partial charge in [0.15, 0.2) is 0 Å². The van der Waals surface area contributed by atoms with E-state index in [9.17, 15) is 8.42 Å². The molecular formula is C14H17N3O2S2. The molecular weight excluding hydrogens is 306 g/mol. The lowest BCUT2D eigenvalue weighted by atomic mass is 10.2. The van der Waals surface area contributed by atoms with Gasteiger partial charge in [0.25, 0.3) is 0 Å². The van der Waals surface area contributed by atoms with Gasteiger partial charge in [0, 0.05) is 36.3 Å². The van der Waals surface area contributed by atoms with Crippen LogP contribution in [0.4, 0.5) is 5.69 Å². The Bertz CT molecular complexity index is 727. The van der Waals surface area contributed by atoms with Crippen LogP contribution in [0.5, 0.6) is 0 Å². The van der Waals surface area contributed by atoms with Gasteiger partial charge in [0.05, 0.1) is 9.90 Å². The highest BCUT2D eigenvalue weighted by molar-refractivity contribution is 7.89. The van der Waals surface area contributed by atoms with Gasteiger partial charge in [-0.05, 0) is 24.1 Å². The zero-order valence-corrected chi connectivity index (χ0v) is 13.3. The van der Waals surface area contributed by atoms with E-state index in [4.69, 9.17) is 0 Å². The Morgan fingerprint density at radius 2 is 2.33 bits per heavy atom. The molecule has 1 aromatic carbocycles. The third-order valence-corrected chi connectivity index (χ3v) is 5.98. The van der Waals surface area contributed by atoms with Gasteiger partial charge in [-0.25, -0.2) is 18.1 Å². The van der Waals surface area contributed by atoms with E-state index in [0.29, 0.717) is 11.4 Å². The van der Waals surface area contributed by atoms with Crippen LogP contribution < -0.4 is 10.0 Å². The van der Waals surface area contributed by atoms with Crippen LogP contribution >= 0.6 is 11.3 Å². The van der Waals surface area contributed by atoms with Crippen molar-refractivity contribution in [2.45, 2.75) is 24.2 Å². The molecule has 0 saturated heterocycles. The zero-order valence-electron chi connectivity index (χ0n) is 11.7. The van der Waals surface area contributed by atoms with Crippen molar-refractivity contribution in [3.63, 3.8) is 0 Å². The van der Waals surface area contributed by atoms with E-state index in [0.717, 1.165) is 23.7 Å². The number of aromatic nitrogens is 1. The van der Waals surface area contributed by atoms with E-state index in [1.165, 1.54) is 16.9 Å². The number of nitrogens with zero attached hydrogens (tertiary/aromatic N) is 1. The molecule has 2 aromatic rings. The topological polar surface area (TPSA) is 71.1 Å². The predicted octanol–water partition coefficient (Wildman–Crippen LogP) is 2.19. The lowest BCUT2D eigenvalue weighted by Crippen LogP contribution is -2.27. The molecule has 3 rings (SSSR count). The lowest BCUT2D eigenvalue weighted by Gasteiger charge is -2.11. The Morgan fingerprint density at radius 1 is 1.48 bits per heavy atom. The molecule has 0 spiro atoms. The van der Waals surface area contributed by atoms with E-state index < -0.39 is 10.0 Å². The second-order valence-corrected chi connectivity index (χ2v) is 7.81. The summed E-state index contributed by atoms with van der Waals surface area (Å²) >= 11 is 1.54. The summed E-state index contributed by atoms with van der Waals surface area (Å²) in [7, 11) is -3.48. The van der Waals surface area contributed by atoms with Crippen molar-refractivity contribution in [2.24, 2.45) is 0 Å². The van der Waals surface area contributed by atoms with E-state index in [-0.39, 0.29) is 5.92 Å². The second-order valence-electron chi connectivity index (χ2n) is 5.12. The molecule has 2 heterocycles. The first-order valence-corrected chi connectivity index (χ1v) is 9.18. The SMILES string of the molecule is CC(CNS(=O)(=O)c1ccc2c(c1)NCC2)c1nccs1. The predicted molar refractivity (Wildman–Crippen MR) is 84.4 cm³/mol. The molecule has 0 amide bonds. The second kappa shape index (κ2) is 5.75. The molecule has 112 valence electrons. The van der Waals surface area contributed by atoms with Crippen LogP contribution in [0.25, 0.3) is 0 Å². The average molecular weight is 323 g/mol. The van der Waals surface area contributed by atoms with Crippen molar-refractivity contribution in [3.8, 4) is 0 Å². The van der Waals surface area contributed by atoms with E-state index in [1.807, 2.05) is 18.4 Å². The van der Waals surface area contributed by atoms with Crippen molar-refractivity contribution in [1.29, 1.82) is 0 Å². The first kappa shape index (κ1) is 14.5. The normalized spacial score (nSPS) is 15.5. The van der Waals surface area contributed by atoms with E-state index in [1.54, 1.807) is 18.3 Å². The first-order chi connectivity index (χ1) is 10.1. The van der Waals surface area contributed by atoms with Gasteiger partial charge >= 0.3 is 0 Å². The molecule has 0 saturated carbocycles. The molecule has 1 aromatic heterocycles. The molecule has 0 radical (unpaired) electrons. The number of thiazole rings is 1. The summed E-state index contributed by atoms with van der Waals surface area (Å²) in [6.07, 6.45) is 2.68. The number of nitrogens with one attached hydrogen (secondary N) is 2. The highest BCUT2D eigenvalue weighted by Gasteiger charge is 2.19. The van der Waals surface area contributed by atoms with Crippen LogP contribution in [0, 0.1) is 0 Å². The number of fused-ring (bicyclic) bond motifs is 1. The summed E-state index contributed by atoms with van der Waals surface area (Å²) < 4.78 is 27.4. The summed E-state index contributed by atoms with van der Waals surface area (Å²) in [4.78, 5) is 4.52. The van der Waals surface area contributed by atoms with Gasteiger partial charge < -0.3 is 5.32 Å². The molecule has 21 heavy (non-hydrogen) atoms. The van der Waals surface area contributed by atoms with Crippen molar-refractivity contribution < 1.29 is 8.42 Å². The Kier molecular flexibility index (Phi) is 3.97. The fourth-order valence-corrected chi connectivity index (χ4v) is 4.18. The maximum atomic E-state index is 12.4.